The minimum atomic E-state index is -4.44. The largest absolute Gasteiger partial charge is 0.495 e. The second-order valence-electron chi connectivity index (χ2n) is 7.91. The minimum Gasteiger partial charge on any atom is -0.495 e. The van der Waals surface area contributed by atoms with Crippen molar-refractivity contribution in [2.75, 3.05) is 61.5 Å². The van der Waals surface area contributed by atoms with Gasteiger partial charge in [0.15, 0.2) is 9.84 Å². The molecule has 0 fully saturated rings. The van der Waals surface area contributed by atoms with Gasteiger partial charge in [-0.05, 0) is 18.2 Å². The van der Waals surface area contributed by atoms with Gasteiger partial charge in [0.05, 0.1) is 61.1 Å². The molecule has 0 amide bonds. The quantitative estimate of drug-likeness (QED) is 0.117. The summed E-state index contributed by atoms with van der Waals surface area (Å²) >= 11 is 0. The van der Waals surface area contributed by atoms with Crippen molar-refractivity contribution in [1.82, 2.24) is 0 Å². The van der Waals surface area contributed by atoms with E-state index in [4.69, 9.17) is 48.4 Å². The van der Waals surface area contributed by atoms with Crippen LogP contribution >= 0.6 is 0 Å². The molecule has 0 saturated heterocycles. The Hall–Kier alpha value is -4.61. The van der Waals surface area contributed by atoms with Gasteiger partial charge in [-0.2, -0.15) is 8.42 Å². The summed E-state index contributed by atoms with van der Waals surface area (Å²) < 4.78 is 68.4. The van der Waals surface area contributed by atoms with Crippen LogP contribution in [0.25, 0.3) is 0 Å². The van der Waals surface area contributed by atoms with E-state index in [0.717, 1.165) is 6.07 Å². The molecular weight excluding hydrogens is 580 g/mol. The predicted molar refractivity (Wildman–Crippen MR) is 158 cm³/mol. The molecule has 17 heteroatoms. The van der Waals surface area contributed by atoms with Crippen molar-refractivity contribution in [1.29, 1.82) is 0 Å². The molecule has 0 atom stereocenters. The molecule has 41 heavy (non-hydrogen) atoms. The third-order valence-electron chi connectivity index (χ3n) is 5.32. The lowest BCUT2D eigenvalue weighted by Crippen LogP contribution is -2.10. The SMILES string of the molecule is CCS(=O)(=O)c1cc(OC)c(N)cc1OC.COC(=O)c1ccccc1N.Nc1cc(S(=O)(=O)O)c(N)c(N)c1N. The van der Waals surface area contributed by atoms with Crippen LogP contribution in [0.4, 0.5) is 34.1 Å². The molecule has 0 radical (unpaired) electrons. The monoisotopic (exact) mass is 614 g/mol. The Bertz CT molecular complexity index is 1610. The molecule has 0 aromatic heterocycles. The summed E-state index contributed by atoms with van der Waals surface area (Å²) in [5.74, 6) is 0.159. The number of nitrogens with two attached hydrogens (primary N) is 6. The maximum Gasteiger partial charge on any atom is 0.339 e. The van der Waals surface area contributed by atoms with E-state index in [1.807, 2.05) is 0 Å². The highest BCUT2D eigenvalue weighted by atomic mass is 32.2. The van der Waals surface area contributed by atoms with Gasteiger partial charge in [-0.1, -0.05) is 19.1 Å². The van der Waals surface area contributed by atoms with Gasteiger partial charge in [-0.15, -0.1) is 0 Å². The van der Waals surface area contributed by atoms with Gasteiger partial charge in [0.1, 0.15) is 21.3 Å². The van der Waals surface area contributed by atoms with E-state index < -0.39 is 30.8 Å². The maximum atomic E-state index is 11.8. The van der Waals surface area contributed by atoms with Gasteiger partial charge in [0.2, 0.25) is 0 Å². The first-order chi connectivity index (χ1) is 19.0. The second kappa shape index (κ2) is 14.1. The number of benzene rings is 3. The zero-order chi connectivity index (χ0) is 31.7. The average Bonchev–Trinajstić information content (AvgIpc) is 2.93. The van der Waals surface area contributed by atoms with Crippen molar-refractivity contribution in [3.8, 4) is 11.5 Å². The van der Waals surface area contributed by atoms with Crippen molar-refractivity contribution in [3.05, 3.63) is 48.0 Å². The van der Waals surface area contributed by atoms with E-state index in [1.54, 1.807) is 31.2 Å². The summed E-state index contributed by atoms with van der Waals surface area (Å²) in [6.45, 7) is 1.57. The number of para-hydroxylation sites is 1. The van der Waals surface area contributed by atoms with Gasteiger partial charge in [0, 0.05) is 17.8 Å². The van der Waals surface area contributed by atoms with Crippen molar-refractivity contribution in [3.63, 3.8) is 0 Å². The molecule has 226 valence electrons. The molecule has 3 aromatic carbocycles. The number of esters is 1. The Balaban J connectivity index is 0.000000313. The third kappa shape index (κ3) is 8.69. The highest BCUT2D eigenvalue weighted by Crippen LogP contribution is 2.35. The number of methoxy groups -OCH3 is 3. The van der Waals surface area contributed by atoms with Crippen molar-refractivity contribution < 1.29 is 40.4 Å². The van der Waals surface area contributed by atoms with Crippen LogP contribution in [0.3, 0.4) is 0 Å². The van der Waals surface area contributed by atoms with Crippen molar-refractivity contribution in [2.45, 2.75) is 16.7 Å². The van der Waals surface area contributed by atoms with Crippen molar-refractivity contribution >= 4 is 60.0 Å². The predicted octanol–water partition coefficient (Wildman–Crippen LogP) is 1.40. The first-order valence-electron chi connectivity index (χ1n) is 11.3. The second-order valence-corrected chi connectivity index (χ2v) is 11.5. The van der Waals surface area contributed by atoms with Crippen LogP contribution in [0.1, 0.15) is 17.3 Å². The Morgan fingerprint density at radius 3 is 1.76 bits per heavy atom. The van der Waals surface area contributed by atoms with Gasteiger partial charge in [-0.25, -0.2) is 13.2 Å². The number of hydrogen-bond donors (Lipinski definition) is 7. The van der Waals surface area contributed by atoms with Crippen LogP contribution in [0.2, 0.25) is 0 Å². The molecule has 0 aliphatic carbocycles. The highest BCUT2D eigenvalue weighted by Gasteiger charge is 2.21. The molecule has 3 rings (SSSR count). The van der Waals surface area contributed by atoms with Crippen molar-refractivity contribution in [2.24, 2.45) is 0 Å². The Labute approximate surface area is 238 Å². The fourth-order valence-electron chi connectivity index (χ4n) is 3.03. The molecule has 0 unspecified atom stereocenters. The smallest absolute Gasteiger partial charge is 0.339 e. The topological polar surface area (TPSA) is 289 Å². The summed E-state index contributed by atoms with van der Waals surface area (Å²) in [5.41, 5.74) is 33.3. The van der Waals surface area contributed by atoms with E-state index in [-0.39, 0.29) is 39.1 Å². The standard InChI is InChI=1S/C10H15NO4S.C8H9NO2.C6H10N4O3S/c1-4-16(12,13)10-6-8(14-2)7(11)5-9(10)15-3;1-11-8(10)6-4-2-3-5-7(6)9;7-2-1-3(14(11,12)13)5(9)6(10)4(2)8/h5-6H,4,11H2,1-3H3;2-5H,9H2,1H3;1H,7-10H2,(H,11,12,13). The zero-order valence-corrected chi connectivity index (χ0v) is 24.4. The van der Waals surface area contributed by atoms with Crippen LogP contribution in [0.5, 0.6) is 11.5 Å². The molecule has 0 spiro atoms. The summed E-state index contributed by atoms with van der Waals surface area (Å²) in [7, 11) is -3.63. The van der Waals surface area contributed by atoms with E-state index >= 15 is 0 Å². The van der Waals surface area contributed by atoms with Crippen LogP contribution < -0.4 is 43.9 Å². The number of ether oxygens (including phenoxy) is 3. The summed E-state index contributed by atoms with van der Waals surface area (Å²) in [5, 5.41) is 0. The maximum absolute atomic E-state index is 11.8. The molecule has 3 aromatic rings. The summed E-state index contributed by atoms with van der Waals surface area (Å²) in [4.78, 5) is 10.5. The number of nitrogen functional groups attached to an aromatic ring is 6. The van der Waals surface area contributed by atoms with E-state index in [0.29, 0.717) is 22.7 Å². The van der Waals surface area contributed by atoms with E-state index in [9.17, 15) is 21.6 Å². The Morgan fingerprint density at radius 2 is 1.29 bits per heavy atom. The normalized spacial score (nSPS) is 10.8. The van der Waals surface area contributed by atoms with E-state index in [1.165, 1.54) is 33.5 Å². The van der Waals surface area contributed by atoms with Gasteiger partial charge < -0.3 is 48.6 Å². The first kappa shape index (κ1) is 34.4. The van der Waals surface area contributed by atoms with Gasteiger partial charge in [0.25, 0.3) is 10.1 Å². The number of carbonyl (C=O) groups excluding carboxylic acids is 1. The van der Waals surface area contributed by atoms with Crippen LogP contribution in [-0.2, 0) is 24.7 Å². The van der Waals surface area contributed by atoms with E-state index in [2.05, 4.69) is 4.74 Å². The lowest BCUT2D eigenvalue weighted by atomic mass is 10.2. The first-order valence-corrected chi connectivity index (χ1v) is 14.4. The molecule has 0 aliphatic rings. The Kier molecular flexibility index (Phi) is 11.9. The number of hydrogen-bond acceptors (Lipinski definition) is 14. The van der Waals surface area contributed by atoms with Crippen LogP contribution in [-0.4, -0.2) is 54.4 Å². The molecule has 0 bridgehead atoms. The van der Waals surface area contributed by atoms with Crippen LogP contribution in [0.15, 0.2) is 52.3 Å². The summed E-state index contributed by atoms with van der Waals surface area (Å²) in [6, 6.07) is 10.6. The fourth-order valence-corrected chi connectivity index (χ4v) is 4.74. The number of sulfone groups is 1. The Morgan fingerprint density at radius 1 is 0.732 bits per heavy atom. The lowest BCUT2D eigenvalue weighted by Gasteiger charge is -2.12. The highest BCUT2D eigenvalue weighted by molar-refractivity contribution is 7.91. The van der Waals surface area contributed by atoms with Gasteiger partial charge >= 0.3 is 5.97 Å². The number of anilines is 6. The zero-order valence-electron chi connectivity index (χ0n) is 22.7. The summed E-state index contributed by atoms with van der Waals surface area (Å²) in [6.07, 6.45) is 0. The molecule has 0 heterocycles. The lowest BCUT2D eigenvalue weighted by molar-refractivity contribution is 0.0602. The average molecular weight is 615 g/mol. The molecular formula is C24H34N6O9S2. The molecule has 0 saturated carbocycles. The third-order valence-corrected chi connectivity index (χ3v) is 7.96. The minimum absolute atomic E-state index is 0.00354. The molecule has 15 nitrogen and oxygen atoms in total. The molecule has 0 aliphatic heterocycles. The fraction of sp³-hybridized carbons (Fsp3) is 0.208. The molecule has 13 N–H and O–H groups in total. The number of rotatable bonds is 6. The number of carbonyl (C=O) groups is 1. The van der Waals surface area contributed by atoms with Crippen LogP contribution in [0, 0.1) is 0 Å². The van der Waals surface area contributed by atoms with Gasteiger partial charge in [-0.3, -0.25) is 4.55 Å².